The van der Waals surface area contributed by atoms with Crippen LogP contribution in [0.4, 0.5) is 0 Å². The highest BCUT2D eigenvalue weighted by Gasteiger charge is 2.18. The molecule has 0 atom stereocenters. The number of nitrogens with zero attached hydrogens (tertiary/aromatic N) is 3. The van der Waals surface area contributed by atoms with Crippen LogP contribution in [0, 0.1) is 0 Å². The van der Waals surface area contributed by atoms with Crippen LogP contribution in [0.2, 0.25) is 0 Å². The van der Waals surface area contributed by atoms with Gasteiger partial charge in [-0.25, -0.2) is 14.3 Å². The van der Waals surface area contributed by atoms with E-state index in [4.69, 9.17) is 9.52 Å². The van der Waals surface area contributed by atoms with Crippen molar-refractivity contribution in [1.82, 2.24) is 19.9 Å². The maximum atomic E-state index is 11.0. The SMILES string of the molecule is O=C(O)c1ccc(-c2cnn3cc(-c4nc5c(o4)CCNC5)ccc23)cc1. The summed E-state index contributed by atoms with van der Waals surface area (Å²) in [6.45, 7) is 1.64. The van der Waals surface area contributed by atoms with Gasteiger partial charge in [-0.2, -0.15) is 5.10 Å². The second-order valence-electron chi connectivity index (χ2n) is 6.50. The molecule has 134 valence electrons. The van der Waals surface area contributed by atoms with Gasteiger partial charge < -0.3 is 14.8 Å². The monoisotopic (exact) mass is 360 g/mol. The van der Waals surface area contributed by atoms with Crippen LogP contribution in [0.3, 0.4) is 0 Å². The maximum Gasteiger partial charge on any atom is 0.335 e. The van der Waals surface area contributed by atoms with Gasteiger partial charge in [0.15, 0.2) is 0 Å². The van der Waals surface area contributed by atoms with Crippen molar-refractivity contribution in [3.05, 3.63) is 65.8 Å². The van der Waals surface area contributed by atoms with Crippen molar-refractivity contribution in [3.63, 3.8) is 0 Å². The number of carboxylic acid groups (broad SMARTS) is 1. The van der Waals surface area contributed by atoms with Gasteiger partial charge in [0.2, 0.25) is 5.89 Å². The highest BCUT2D eigenvalue weighted by atomic mass is 16.4. The van der Waals surface area contributed by atoms with Crippen molar-refractivity contribution in [3.8, 4) is 22.6 Å². The zero-order valence-corrected chi connectivity index (χ0v) is 14.3. The third kappa shape index (κ3) is 2.69. The highest BCUT2D eigenvalue weighted by molar-refractivity contribution is 5.89. The van der Waals surface area contributed by atoms with Crippen LogP contribution >= 0.6 is 0 Å². The fourth-order valence-electron chi connectivity index (χ4n) is 3.37. The van der Waals surface area contributed by atoms with Crippen LogP contribution in [0.1, 0.15) is 21.8 Å². The fraction of sp³-hybridized carbons (Fsp3) is 0.150. The van der Waals surface area contributed by atoms with Gasteiger partial charge in [-0.15, -0.1) is 0 Å². The third-order valence-electron chi connectivity index (χ3n) is 4.81. The molecule has 0 saturated heterocycles. The van der Waals surface area contributed by atoms with Crippen molar-refractivity contribution in [2.75, 3.05) is 6.54 Å². The molecule has 1 aliphatic rings. The summed E-state index contributed by atoms with van der Waals surface area (Å²) in [5.41, 5.74) is 4.89. The quantitative estimate of drug-likeness (QED) is 0.583. The number of benzene rings is 1. The van der Waals surface area contributed by atoms with E-state index in [0.29, 0.717) is 5.89 Å². The standard InChI is InChI=1S/C20H16N4O3/c25-20(26)13-3-1-12(2-4-13)15-9-22-24-11-14(5-6-17(15)24)19-23-16-10-21-8-7-18(16)27-19/h1-6,9,11,21H,7-8,10H2,(H,25,26). The van der Waals surface area contributed by atoms with Crippen LogP contribution in [-0.4, -0.2) is 32.2 Å². The van der Waals surface area contributed by atoms with Gasteiger partial charge in [0.05, 0.1) is 28.5 Å². The van der Waals surface area contributed by atoms with Gasteiger partial charge in [-0.1, -0.05) is 12.1 Å². The lowest BCUT2D eigenvalue weighted by Crippen LogP contribution is -2.22. The summed E-state index contributed by atoms with van der Waals surface area (Å²) in [5, 5.41) is 16.8. The van der Waals surface area contributed by atoms with Crippen molar-refractivity contribution >= 4 is 11.5 Å². The van der Waals surface area contributed by atoms with E-state index < -0.39 is 5.97 Å². The summed E-state index contributed by atoms with van der Waals surface area (Å²) in [6, 6.07) is 10.7. The third-order valence-corrected chi connectivity index (χ3v) is 4.81. The Kier molecular flexibility index (Phi) is 3.54. The molecular weight excluding hydrogens is 344 g/mol. The van der Waals surface area contributed by atoms with E-state index in [2.05, 4.69) is 15.4 Å². The number of carboxylic acids is 1. The Bertz CT molecular complexity index is 1130. The molecule has 27 heavy (non-hydrogen) atoms. The zero-order chi connectivity index (χ0) is 18.4. The highest BCUT2D eigenvalue weighted by Crippen LogP contribution is 2.28. The number of pyridine rings is 1. The molecule has 3 aromatic heterocycles. The van der Waals surface area contributed by atoms with E-state index >= 15 is 0 Å². The van der Waals surface area contributed by atoms with E-state index in [9.17, 15) is 4.79 Å². The first-order chi connectivity index (χ1) is 13.2. The smallest absolute Gasteiger partial charge is 0.335 e. The zero-order valence-electron chi connectivity index (χ0n) is 14.3. The lowest BCUT2D eigenvalue weighted by atomic mass is 10.1. The Morgan fingerprint density at radius 1 is 1.15 bits per heavy atom. The average molecular weight is 360 g/mol. The summed E-state index contributed by atoms with van der Waals surface area (Å²) >= 11 is 0. The van der Waals surface area contributed by atoms with Gasteiger partial charge in [0, 0.05) is 31.3 Å². The molecular formula is C20H16N4O3. The lowest BCUT2D eigenvalue weighted by Gasteiger charge is -2.08. The van der Waals surface area contributed by atoms with Crippen LogP contribution in [0.15, 0.2) is 53.2 Å². The summed E-state index contributed by atoms with van der Waals surface area (Å²) in [6.07, 6.45) is 4.53. The Morgan fingerprint density at radius 3 is 2.74 bits per heavy atom. The summed E-state index contributed by atoms with van der Waals surface area (Å²) in [4.78, 5) is 15.6. The van der Waals surface area contributed by atoms with Gasteiger partial charge >= 0.3 is 5.97 Å². The predicted molar refractivity (Wildman–Crippen MR) is 98.5 cm³/mol. The molecule has 7 heteroatoms. The number of aromatic nitrogens is 3. The molecule has 1 aliphatic heterocycles. The van der Waals surface area contributed by atoms with Crippen molar-refractivity contribution in [2.24, 2.45) is 0 Å². The molecule has 7 nitrogen and oxygen atoms in total. The van der Waals surface area contributed by atoms with E-state index in [-0.39, 0.29) is 5.56 Å². The second kappa shape index (κ2) is 6.07. The minimum Gasteiger partial charge on any atom is -0.478 e. The topological polar surface area (TPSA) is 92.7 Å². The van der Waals surface area contributed by atoms with Crippen molar-refractivity contribution in [2.45, 2.75) is 13.0 Å². The van der Waals surface area contributed by atoms with E-state index in [1.807, 2.05) is 18.3 Å². The normalized spacial score (nSPS) is 13.6. The Morgan fingerprint density at radius 2 is 1.96 bits per heavy atom. The predicted octanol–water partition coefficient (Wildman–Crippen LogP) is 3.00. The first-order valence-electron chi connectivity index (χ1n) is 8.70. The molecule has 5 rings (SSSR count). The number of hydrogen-bond donors (Lipinski definition) is 2. The Hall–Kier alpha value is -3.45. The molecule has 1 aromatic carbocycles. The minimum atomic E-state index is -0.935. The number of aromatic carboxylic acids is 1. The van der Waals surface area contributed by atoms with Crippen molar-refractivity contribution < 1.29 is 14.3 Å². The molecule has 0 spiro atoms. The number of oxazole rings is 1. The molecule has 4 aromatic rings. The van der Waals surface area contributed by atoms with E-state index in [1.165, 1.54) is 0 Å². The van der Waals surface area contributed by atoms with Crippen LogP contribution in [0.5, 0.6) is 0 Å². The molecule has 4 heterocycles. The average Bonchev–Trinajstić information content (AvgIpc) is 3.31. The molecule has 2 N–H and O–H groups in total. The molecule has 0 radical (unpaired) electrons. The summed E-state index contributed by atoms with van der Waals surface area (Å²) in [5.74, 6) is 0.617. The van der Waals surface area contributed by atoms with Gasteiger partial charge in [-0.05, 0) is 29.8 Å². The molecule has 0 fully saturated rings. The molecule has 0 bridgehead atoms. The van der Waals surface area contributed by atoms with Crippen molar-refractivity contribution in [1.29, 1.82) is 0 Å². The largest absolute Gasteiger partial charge is 0.478 e. The van der Waals surface area contributed by atoms with Gasteiger partial charge in [0.25, 0.3) is 0 Å². The fourth-order valence-corrected chi connectivity index (χ4v) is 3.37. The molecule has 0 saturated carbocycles. The molecule has 0 unspecified atom stereocenters. The van der Waals surface area contributed by atoms with E-state index in [0.717, 1.165) is 53.2 Å². The second-order valence-corrected chi connectivity index (χ2v) is 6.50. The van der Waals surface area contributed by atoms with Crippen LogP contribution in [-0.2, 0) is 13.0 Å². The summed E-state index contributed by atoms with van der Waals surface area (Å²) < 4.78 is 7.71. The lowest BCUT2D eigenvalue weighted by molar-refractivity contribution is 0.0697. The maximum absolute atomic E-state index is 11.0. The van der Waals surface area contributed by atoms with Gasteiger partial charge in [0.1, 0.15) is 5.76 Å². The van der Waals surface area contributed by atoms with E-state index in [1.54, 1.807) is 35.0 Å². The minimum absolute atomic E-state index is 0.264. The Labute approximate surface area is 154 Å². The number of nitrogens with one attached hydrogen (secondary N) is 1. The van der Waals surface area contributed by atoms with Gasteiger partial charge in [-0.3, -0.25) is 0 Å². The summed E-state index contributed by atoms with van der Waals surface area (Å²) in [7, 11) is 0. The first kappa shape index (κ1) is 15.8. The van der Waals surface area contributed by atoms with Crippen LogP contribution in [0.25, 0.3) is 28.1 Å². The van der Waals surface area contributed by atoms with Crippen LogP contribution < -0.4 is 5.32 Å². The number of rotatable bonds is 3. The number of carbonyl (C=O) groups is 1. The Balaban J connectivity index is 1.52. The molecule has 0 aliphatic carbocycles. The number of hydrogen-bond acceptors (Lipinski definition) is 5. The number of fused-ring (bicyclic) bond motifs is 2. The molecule has 0 amide bonds. The first-order valence-corrected chi connectivity index (χ1v) is 8.70.